The number of amides is 1. The van der Waals surface area contributed by atoms with Gasteiger partial charge in [0.15, 0.2) is 5.43 Å². The maximum Gasteiger partial charge on any atom is 0.290 e. The van der Waals surface area contributed by atoms with Gasteiger partial charge in [0.2, 0.25) is 5.76 Å². The Labute approximate surface area is 189 Å². The number of nitrogens with zero attached hydrogens (tertiary/aromatic N) is 2. The van der Waals surface area contributed by atoms with Crippen LogP contribution in [0.15, 0.2) is 45.6 Å². The van der Waals surface area contributed by atoms with Gasteiger partial charge in [-0.1, -0.05) is 43.1 Å². The van der Waals surface area contributed by atoms with Gasteiger partial charge in [-0.2, -0.15) is 0 Å². The molecule has 2 heterocycles. The fourth-order valence-corrected chi connectivity index (χ4v) is 4.35. The molecule has 5 nitrogen and oxygen atoms in total. The molecule has 0 saturated heterocycles. The summed E-state index contributed by atoms with van der Waals surface area (Å²) >= 11 is 12.3. The van der Waals surface area contributed by atoms with E-state index in [1.807, 2.05) is 13.8 Å². The van der Waals surface area contributed by atoms with Gasteiger partial charge in [-0.3, -0.25) is 9.59 Å². The first-order valence-corrected chi connectivity index (χ1v) is 10.9. The standard InChI is InChI=1S/C23H21Cl2FN2O3/c1-3-27(4-2)9-10-28-20(13-5-7-16(24)17(25)11-13)19-21(29)15-12-14(26)6-8-18(15)31-22(19)23(28)30/h5-8,11-12,20H,3-4,9-10H2,1-2H3. The molecule has 162 valence electrons. The summed E-state index contributed by atoms with van der Waals surface area (Å²) < 4.78 is 19.6. The van der Waals surface area contributed by atoms with E-state index in [-0.39, 0.29) is 28.2 Å². The van der Waals surface area contributed by atoms with Gasteiger partial charge in [-0.25, -0.2) is 4.39 Å². The lowest BCUT2D eigenvalue weighted by molar-refractivity contribution is 0.0708. The van der Waals surface area contributed by atoms with Crippen LogP contribution in [0.25, 0.3) is 11.0 Å². The zero-order valence-corrected chi connectivity index (χ0v) is 18.6. The number of halogens is 3. The first-order valence-electron chi connectivity index (χ1n) is 10.1. The van der Waals surface area contributed by atoms with E-state index in [9.17, 15) is 14.0 Å². The van der Waals surface area contributed by atoms with E-state index >= 15 is 0 Å². The second kappa shape index (κ2) is 8.61. The van der Waals surface area contributed by atoms with Crippen LogP contribution in [0.2, 0.25) is 10.0 Å². The zero-order chi connectivity index (χ0) is 22.3. The molecule has 3 aromatic rings. The molecule has 1 unspecified atom stereocenters. The third kappa shape index (κ3) is 3.84. The average molecular weight is 463 g/mol. The first kappa shape index (κ1) is 21.8. The lowest BCUT2D eigenvalue weighted by atomic mass is 9.98. The highest BCUT2D eigenvalue weighted by Crippen LogP contribution is 2.39. The Bertz CT molecular complexity index is 1220. The van der Waals surface area contributed by atoms with Gasteiger partial charge in [0.1, 0.15) is 11.4 Å². The van der Waals surface area contributed by atoms with Gasteiger partial charge in [-0.05, 0) is 49.0 Å². The molecule has 0 bridgehead atoms. The van der Waals surface area contributed by atoms with Gasteiger partial charge >= 0.3 is 0 Å². The van der Waals surface area contributed by atoms with Crippen molar-refractivity contribution < 1.29 is 13.6 Å². The molecule has 0 saturated carbocycles. The van der Waals surface area contributed by atoms with Crippen LogP contribution in [-0.4, -0.2) is 41.9 Å². The van der Waals surface area contributed by atoms with Crippen molar-refractivity contribution in [1.29, 1.82) is 0 Å². The van der Waals surface area contributed by atoms with Crippen molar-refractivity contribution in [3.8, 4) is 0 Å². The normalized spacial score (nSPS) is 15.9. The molecule has 4 rings (SSSR count). The van der Waals surface area contributed by atoms with E-state index in [1.54, 1.807) is 23.1 Å². The molecule has 0 N–H and O–H groups in total. The smallest absolute Gasteiger partial charge is 0.290 e. The third-order valence-corrected chi connectivity index (χ3v) is 6.48. The van der Waals surface area contributed by atoms with Gasteiger partial charge in [-0.15, -0.1) is 0 Å². The molecule has 1 atom stereocenters. The maximum atomic E-state index is 13.8. The van der Waals surface area contributed by atoms with Gasteiger partial charge in [0.25, 0.3) is 5.91 Å². The van der Waals surface area contributed by atoms with Crippen molar-refractivity contribution in [2.45, 2.75) is 19.9 Å². The number of benzene rings is 2. The second-order valence-electron chi connectivity index (χ2n) is 7.42. The maximum absolute atomic E-state index is 13.8. The minimum Gasteiger partial charge on any atom is -0.450 e. The van der Waals surface area contributed by atoms with Crippen LogP contribution in [0.4, 0.5) is 4.39 Å². The molecule has 31 heavy (non-hydrogen) atoms. The van der Waals surface area contributed by atoms with Crippen molar-refractivity contribution in [3.63, 3.8) is 0 Å². The van der Waals surface area contributed by atoms with Crippen molar-refractivity contribution in [1.82, 2.24) is 9.80 Å². The Hall–Kier alpha value is -2.41. The van der Waals surface area contributed by atoms with E-state index in [4.69, 9.17) is 27.6 Å². The molecule has 2 aromatic carbocycles. The Kier molecular flexibility index (Phi) is 6.06. The van der Waals surface area contributed by atoms with Crippen molar-refractivity contribution >= 4 is 40.1 Å². The average Bonchev–Trinajstić information content (AvgIpc) is 3.03. The van der Waals surface area contributed by atoms with Crippen molar-refractivity contribution in [2.24, 2.45) is 0 Å². The Morgan fingerprint density at radius 2 is 1.81 bits per heavy atom. The number of hydrogen-bond acceptors (Lipinski definition) is 4. The first-order chi connectivity index (χ1) is 14.8. The van der Waals surface area contributed by atoms with E-state index < -0.39 is 17.3 Å². The minimum absolute atomic E-state index is 0.0141. The van der Waals surface area contributed by atoms with Gasteiger partial charge in [0.05, 0.1) is 27.0 Å². The summed E-state index contributed by atoms with van der Waals surface area (Å²) in [7, 11) is 0. The Morgan fingerprint density at radius 1 is 1.06 bits per heavy atom. The lowest BCUT2D eigenvalue weighted by Crippen LogP contribution is -2.37. The summed E-state index contributed by atoms with van der Waals surface area (Å²) in [5, 5.41) is 0.791. The molecule has 0 fully saturated rings. The van der Waals surface area contributed by atoms with Crippen LogP contribution >= 0.6 is 23.2 Å². The largest absolute Gasteiger partial charge is 0.450 e. The summed E-state index contributed by atoms with van der Waals surface area (Å²) in [6.45, 7) is 6.79. The number of likely N-dealkylation sites (N-methyl/N-ethyl adjacent to an activating group) is 1. The summed E-state index contributed by atoms with van der Waals surface area (Å²) in [5.41, 5.74) is 0.590. The number of carbonyl (C=O) groups excluding carboxylic acids is 1. The summed E-state index contributed by atoms with van der Waals surface area (Å²) in [5.74, 6) is -0.935. The van der Waals surface area contributed by atoms with E-state index in [0.29, 0.717) is 28.7 Å². The molecule has 0 aliphatic carbocycles. The molecule has 0 radical (unpaired) electrons. The topological polar surface area (TPSA) is 53.8 Å². The van der Waals surface area contributed by atoms with E-state index in [2.05, 4.69) is 4.90 Å². The fraction of sp³-hybridized carbons (Fsp3) is 0.304. The number of carbonyl (C=O) groups is 1. The Balaban J connectivity index is 1.90. The third-order valence-electron chi connectivity index (χ3n) is 5.74. The highest BCUT2D eigenvalue weighted by molar-refractivity contribution is 6.42. The highest BCUT2D eigenvalue weighted by Gasteiger charge is 2.42. The molecule has 1 aliphatic rings. The van der Waals surface area contributed by atoms with Gasteiger partial charge in [0, 0.05) is 13.1 Å². The molecular weight excluding hydrogens is 442 g/mol. The van der Waals surface area contributed by atoms with Crippen molar-refractivity contribution in [2.75, 3.05) is 26.2 Å². The van der Waals surface area contributed by atoms with Crippen LogP contribution in [-0.2, 0) is 0 Å². The van der Waals surface area contributed by atoms with E-state index in [0.717, 1.165) is 19.2 Å². The van der Waals surface area contributed by atoms with Gasteiger partial charge < -0.3 is 14.2 Å². The number of hydrogen-bond donors (Lipinski definition) is 0. The molecule has 1 amide bonds. The monoisotopic (exact) mass is 462 g/mol. The molecule has 1 aromatic heterocycles. The summed E-state index contributed by atoms with van der Waals surface area (Å²) in [6.07, 6.45) is 0. The lowest BCUT2D eigenvalue weighted by Gasteiger charge is -2.28. The molecule has 0 spiro atoms. The number of fused-ring (bicyclic) bond motifs is 2. The SMILES string of the molecule is CCN(CC)CCN1C(=O)c2oc3ccc(F)cc3c(=O)c2C1c1ccc(Cl)c(Cl)c1. The number of rotatable bonds is 6. The fourth-order valence-electron chi connectivity index (χ4n) is 4.04. The van der Waals surface area contributed by atoms with Crippen LogP contribution in [0.3, 0.4) is 0 Å². The zero-order valence-electron chi connectivity index (χ0n) is 17.1. The Morgan fingerprint density at radius 3 is 2.48 bits per heavy atom. The van der Waals surface area contributed by atoms with Crippen LogP contribution in [0.5, 0.6) is 0 Å². The van der Waals surface area contributed by atoms with Crippen LogP contribution < -0.4 is 5.43 Å². The molecule has 1 aliphatic heterocycles. The molecular formula is C23H21Cl2FN2O3. The van der Waals surface area contributed by atoms with E-state index in [1.165, 1.54) is 12.1 Å². The highest BCUT2D eigenvalue weighted by atomic mass is 35.5. The molecule has 8 heteroatoms. The van der Waals surface area contributed by atoms with Crippen LogP contribution in [0.1, 0.15) is 41.6 Å². The van der Waals surface area contributed by atoms with Crippen LogP contribution in [0, 0.1) is 5.82 Å². The minimum atomic E-state index is -0.697. The van der Waals surface area contributed by atoms with Crippen molar-refractivity contribution in [3.05, 3.63) is 79.4 Å². The predicted octanol–water partition coefficient (Wildman–Crippen LogP) is 5.13. The predicted molar refractivity (Wildman–Crippen MR) is 120 cm³/mol. The summed E-state index contributed by atoms with van der Waals surface area (Å²) in [4.78, 5) is 30.5. The quantitative estimate of drug-likeness (QED) is 0.509. The summed E-state index contributed by atoms with van der Waals surface area (Å²) in [6, 6.07) is 8.02. The second-order valence-corrected chi connectivity index (χ2v) is 8.23.